The van der Waals surface area contributed by atoms with E-state index in [9.17, 15) is 0 Å². The van der Waals surface area contributed by atoms with E-state index in [1.165, 1.54) is 10.9 Å². The lowest BCUT2D eigenvalue weighted by atomic mass is 10.4. The van der Waals surface area contributed by atoms with Crippen LogP contribution in [0.25, 0.3) is 5.82 Å². The van der Waals surface area contributed by atoms with Gasteiger partial charge in [0.15, 0.2) is 11.6 Å². The lowest BCUT2D eigenvalue weighted by molar-refractivity contribution is 0.846. The molecule has 4 nitrogen and oxygen atoms in total. The molecule has 2 aromatic rings. The van der Waals surface area contributed by atoms with Gasteiger partial charge in [-0.1, -0.05) is 23.2 Å². The molecule has 0 aliphatic rings. The molecule has 0 unspecified atom stereocenters. The van der Waals surface area contributed by atoms with Crippen molar-refractivity contribution in [1.82, 2.24) is 14.8 Å². The third-order valence-electron chi connectivity index (χ3n) is 1.70. The maximum atomic E-state index is 5.79. The van der Waals surface area contributed by atoms with Crippen molar-refractivity contribution in [2.45, 2.75) is 0 Å². The number of halogens is 3. The van der Waals surface area contributed by atoms with Crippen molar-refractivity contribution in [3.05, 3.63) is 33.0 Å². The molecule has 2 N–H and O–H groups in total. The predicted octanol–water partition coefficient (Wildman–Crippen LogP) is 2.92. The molecular weight excluding hydrogens is 303 g/mol. The number of anilines is 1. The summed E-state index contributed by atoms with van der Waals surface area (Å²) in [7, 11) is 0. The van der Waals surface area contributed by atoms with Crippen LogP contribution in [0.4, 0.5) is 5.82 Å². The predicted molar refractivity (Wildman–Crippen MR) is 63.5 cm³/mol. The first-order valence-corrected chi connectivity index (χ1v) is 5.45. The summed E-state index contributed by atoms with van der Waals surface area (Å²) in [5.74, 6) is 0.846. The highest BCUT2D eigenvalue weighted by atomic mass is 79.9. The summed E-state index contributed by atoms with van der Waals surface area (Å²) in [6, 6.07) is 1.72. The van der Waals surface area contributed by atoms with Crippen molar-refractivity contribution in [2.75, 3.05) is 5.73 Å². The van der Waals surface area contributed by atoms with Crippen LogP contribution in [0.1, 0.15) is 0 Å². The third kappa shape index (κ3) is 2.09. The van der Waals surface area contributed by atoms with Gasteiger partial charge in [-0.2, -0.15) is 0 Å². The van der Waals surface area contributed by atoms with Crippen LogP contribution in [-0.4, -0.2) is 14.8 Å². The molecule has 0 aromatic carbocycles. The highest BCUT2D eigenvalue weighted by molar-refractivity contribution is 9.10. The smallest absolute Gasteiger partial charge is 0.167 e. The Morgan fingerprint density at radius 3 is 2.67 bits per heavy atom. The second kappa shape index (κ2) is 4.00. The van der Waals surface area contributed by atoms with Crippen LogP contribution in [0.15, 0.2) is 22.9 Å². The number of pyridine rings is 1. The molecule has 0 atom stereocenters. The van der Waals surface area contributed by atoms with Crippen molar-refractivity contribution >= 4 is 44.9 Å². The number of nitrogens with zero attached hydrogens (tertiary/aromatic N) is 3. The molecule has 0 fully saturated rings. The quantitative estimate of drug-likeness (QED) is 0.881. The normalized spacial score (nSPS) is 10.6. The molecule has 15 heavy (non-hydrogen) atoms. The topological polar surface area (TPSA) is 56.7 Å². The fourth-order valence-corrected chi connectivity index (χ4v) is 2.00. The molecule has 0 aliphatic carbocycles. The number of rotatable bonds is 1. The molecule has 0 radical (unpaired) electrons. The van der Waals surface area contributed by atoms with Gasteiger partial charge in [-0.3, -0.25) is 0 Å². The first-order valence-electron chi connectivity index (χ1n) is 3.90. The van der Waals surface area contributed by atoms with E-state index in [1.54, 1.807) is 12.3 Å². The van der Waals surface area contributed by atoms with E-state index in [2.05, 4.69) is 26.0 Å². The number of aromatic nitrogens is 3. The molecule has 2 aromatic heterocycles. The summed E-state index contributed by atoms with van der Waals surface area (Å²) in [5.41, 5.74) is 5.52. The van der Waals surface area contributed by atoms with Gasteiger partial charge in [-0.25, -0.2) is 9.67 Å². The highest BCUT2D eigenvalue weighted by Gasteiger charge is 2.09. The van der Waals surface area contributed by atoms with Crippen LogP contribution >= 0.6 is 39.1 Å². The fraction of sp³-hybridized carbons (Fsp3) is 0. The van der Waals surface area contributed by atoms with Crippen LogP contribution in [0, 0.1) is 0 Å². The van der Waals surface area contributed by atoms with E-state index in [0.29, 0.717) is 20.3 Å². The summed E-state index contributed by atoms with van der Waals surface area (Å²) in [4.78, 5) is 4.11. The number of hydrogen-bond acceptors (Lipinski definition) is 3. The van der Waals surface area contributed by atoms with E-state index < -0.39 is 0 Å². The average molecular weight is 308 g/mol. The molecule has 0 saturated carbocycles. The van der Waals surface area contributed by atoms with E-state index in [1.807, 2.05) is 0 Å². The molecule has 0 bridgehead atoms. The van der Waals surface area contributed by atoms with Gasteiger partial charge >= 0.3 is 0 Å². The van der Waals surface area contributed by atoms with Crippen molar-refractivity contribution in [3.63, 3.8) is 0 Å². The summed E-state index contributed by atoms with van der Waals surface area (Å²) >= 11 is 14.9. The molecular formula is C8H5BrCl2N4. The minimum absolute atomic E-state index is 0.264. The Kier molecular flexibility index (Phi) is 2.86. The van der Waals surface area contributed by atoms with Crippen LogP contribution in [0.3, 0.4) is 0 Å². The van der Waals surface area contributed by atoms with Crippen LogP contribution in [0.2, 0.25) is 10.0 Å². The van der Waals surface area contributed by atoms with Gasteiger partial charge in [-0.15, -0.1) is 5.10 Å². The maximum absolute atomic E-state index is 5.79. The lowest BCUT2D eigenvalue weighted by Gasteiger charge is -2.02. The zero-order valence-electron chi connectivity index (χ0n) is 7.28. The van der Waals surface area contributed by atoms with Crippen molar-refractivity contribution < 1.29 is 0 Å². The van der Waals surface area contributed by atoms with Crippen molar-refractivity contribution in [2.24, 2.45) is 0 Å². The van der Waals surface area contributed by atoms with Gasteiger partial charge in [0.25, 0.3) is 0 Å². The van der Waals surface area contributed by atoms with Crippen LogP contribution < -0.4 is 5.73 Å². The Hall–Kier alpha value is -0.780. The van der Waals surface area contributed by atoms with Gasteiger partial charge in [0.2, 0.25) is 0 Å². The standard InChI is InChI=1S/C8H5BrCl2N4/c9-5-1-4(10)2-13-8(5)15-3-6(11)7(12)14-15/h1-3H,(H2,12,14). The molecule has 0 saturated heterocycles. The minimum Gasteiger partial charge on any atom is -0.381 e. The van der Waals surface area contributed by atoms with Crippen molar-refractivity contribution in [1.29, 1.82) is 0 Å². The number of nitrogens with two attached hydrogens (primary N) is 1. The molecule has 0 aliphatic heterocycles. The molecule has 2 rings (SSSR count). The molecule has 0 amide bonds. The summed E-state index contributed by atoms with van der Waals surface area (Å²) in [5, 5.41) is 4.92. The highest BCUT2D eigenvalue weighted by Crippen LogP contribution is 2.24. The Bertz CT molecular complexity index is 492. The Morgan fingerprint density at radius 2 is 2.13 bits per heavy atom. The summed E-state index contributed by atoms with van der Waals surface area (Å²) in [6.07, 6.45) is 3.10. The van der Waals surface area contributed by atoms with Gasteiger partial charge < -0.3 is 5.73 Å². The van der Waals surface area contributed by atoms with E-state index in [0.717, 1.165) is 0 Å². The SMILES string of the molecule is Nc1nn(-c2ncc(Cl)cc2Br)cc1Cl. The first kappa shape index (κ1) is 10.7. The van der Waals surface area contributed by atoms with Gasteiger partial charge in [0.05, 0.1) is 15.7 Å². The zero-order chi connectivity index (χ0) is 11.0. The van der Waals surface area contributed by atoms with Crippen LogP contribution in [-0.2, 0) is 0 Å². The minimum atomic E-state index is 0.264. The Balaban J connectivity index is 2.54. The lowest BCUT2D eigenvalue weighted by Crippen LogP contribution is -2.00. The second-order valence-corrected chi connectivity index (χ2v) is 4.46. The van der Waals surface area contributed by atoms with E-state index >= 15 is 0 Å². The number of hydrogen-bond donors (Lipinski definition) is 1. The second-order valence-electron chi connectivity index (χ2n) is 2.77. The maximum Gasteiger partial charge on any atom is 0.167 e. The molecule has 2 heterocycles. The Morgan fingerprint density at radius 1 is 1.40 bits per heavy atom. The summed E-state index contributed by atoms with van der Waals surface area (Å²) in [6.45, 7) is 0. The van der Waals surface area contributed by atoms with E-state index in [-0.39, 0.29) is 5.82 Å². The van der Waals surface area contributed by atoms with Crippen LogP contribution in [0.5, 0.6) is 0 Å². The van der Waals surface area contributed by atoms with Gasteiger partial charge in [0, 0.05) is 6.20 Å². The first-order chi connectivity index (χ1) is 7.08. The molecule has 0 spiro atoms. The number of nitrogen functional groups attached to an aromatic ring is 1. The van der Waals surface area contributed by atoms with Gasteiger partial charge in [-0.05, 0) is 22.0 Å². The molecule has 78 valence electrons. The van der Waals surface area contributed by atoms with Gasteiger partial charge in [0.1, 0.15) is 5.02 Å². The fourth-order valence-electron chi connectivity index (χ4n) is 1.05. The summed E-state index contributed by atoms with van der Waals surface area (Å²) < 4.78 is 2.20. The molecule has 7 heteroatoms. The zero-order valence-corrected chi connectivity index (χ0v) is 10.4. The third-order valence-corrected chi connectivity index (χ3v) is 2.78. The van der Waals surface area contributed by atoms with E-state index in [4.69, 9.17) is 28.9 Å². The van der Waals surface area contributed by atoms with Crippen molar-refractivity contribution in [3.8, 4) is 5.82 Å². The monoisotopic (exact) mass is 306 g/mol. The Labute approximate surface area is 104 Å². The average Bonchev–Trinajstić information content (AvgIpc) is 2.46. The largest absolute Gasteiger partial charge is 0.381 e.